The first kappa shape index (κ1) is 28.0. The summed E-state index contributed by atoms with van der Waals surface area (Å²) >= 11 is 0. The SMILES string of the molecule is C/C=C\N(C(=O)c1ncn[nH]1)[C@H](C)CCc1nc2c(-c3ccc(-c4ccccc4)nc3)cnn2c(NC(C)=O)c1C1CC1. The Labute approximate surface area is 249 Å². The number of allylic oxidation sites excluding steroid dienone is 1. The van der Waals surface area contributed by atoms with Crippen molar-refractivity contribution in [2.75, 3.05) is 5.32 Å². The van der Waals surface area contributed by atoms with Crippen molar-refractivity contribution in [1.82, 2.24) is 39.7 Å². The first-order chi connectivity index (χ1) is 20.9. The molecule has 0 saturated heterocycles. The molecule has 2 amide bonds. The Morgan fingerprint density at radius 1 is 1.12 bits per heavy atom. The average Bonchev–Trinajstić information content (AvgIpc) is 3.52. The van der Waals surface area contributed by atoms with Crippen molar-refractivity contribution in [1.29, 1.82) is 0 Å². The van der Waals surface area contributed by atoms with Gasteiger partial charge in [-0.15, -0.1) is 0 Å². The highest BCUT2D eigenvalue weighted by molar-refractivity contribution is 5.91. The first-order valence-electron chi connectivity index (χ1n) is 14.5. The zero-order chi connectivity index (χ0) is 29.9. The summed E-state index contributed by atoms with van der Waals surface area (Å²) < 4.78 is 1.74. The lowest BCUT2D eigenvalue weighted by Crippen LogP contribution is -2.35. The molecule has 218 valence electrons. The van der Waals surface area contributed by atoms with Crippen molar-refractivity contribution in [3.05, 3.63) is 90.5 Å². The summed E-state index contributed by atoms with van der Waals surface area (Å²) in [4.78, 5) is 41.1. The molecule has 0 spiro atoms. The molecule has 0 aliphatic heterocycles. The Morgan fingerprint density at radius 3 is 2.58 bits per heavy atom. The summed E-state index contributed by atoms with van der Waals surface area (Å²) in [6.45, 7) is 5.38. The summed E-state index contributed by atoms with van der Waals surface area (Å²) in [5.74, 6) is 0.720. The van der Waals surface area contributed by atoms with Crippen LogP contribution in [0.25, 0.3) is 28.0 Å². The molecule has 0 radical (unpaired) electrons. The monoisotopic (exact) mass is 575 g/mol. The molecule has 2 N–H and O–H groups in total. The van der Waals surface area contributed by atoms with Gasteiger partial charge in [0, 0.05) is 47.6 Å². The van der Waals surface area contributed by atoms with Gasteiger partial charge in [0.15, 0.2) is 5.65 Å². The Hall–Kier alpha value is -5.19. The predicted molar refractivity (Wildman–Crippen MR) is 163 cm³/mol. The number of nitrogens with one attached hydrogen (secondary N) is 2. The van der Waals surface area contributed by atoms with E-state index in [1.165, 1.54) is 13.3 Å². The number of benzene rings is 1. The van der Waals surface area contributed by atoms with Gasteiger partial charge in [-0.2, -0.15) is 14.7 Å². The van der Waals surface area contributed by atoms with E-state index in [0.29, 0.717) is 30.2 Å². The van der Waals surface area contributed by atoms with Gasteiger partial charge in [0.1, 0.15) is 12.1 Å². The smallest absolute Gasteiger partial charge is 0.295 e. The minimum absolute atomic E-state index is 0.151. The van der Waals surface area contributed by atoms with Crippen molar-refractivity contribution >= 4 is 23.3 Å². The molecule has 4 heterocycles. The second-order valence-corrected chi connectivity index (χ2v) is 10.8. The quantitative estimate of drug-likeness (QED) is 0.227. The number of fused-ring (bicyclic) bond motifs is 1. The fourth-order valence-corrected chi connectivity index (χ4v) is 5.36. The fraction of sp³-hybridized carbons (Fsp3) is 0.281. The molecule has 1 aliphatic carbocycles. The van der Waals surface area contributed by atoms with E-state index in [4.69, 9.17) is 9.97 Å². The van der Waals surface area contributed by atoms with E-state index in [1.807, 2.05) is 68.6 Å². The van der Waals surface area contributed by atoms with E-state index in [0.717, 1.165) is 46.5 Å². The van der Waals surface area contributed by atoms with Gasteiger partial charge >= 0.3 is 0 Å². The maximum atomic E-state index is 13.1. The van der Waals surface area contributed by atoms with Crippen molar-refractivity contribution in [3.8, 4) is 22.4 Å². The topological polar surface area (TPSA) is 134 Å². The minimum Gasteiger partial charge on any atom is -0.311 e. The average molecular weight is 576 g/mol. The van der Waals surface area contributed by atoms with E-state index in [2.05, 4.69) is 25.6 Å². The van der Waals surface area contributed by atoms with E-state index < -0.39 is 0 Å². The molecule has 0 unspecified atom stereocenters. The van der Waals surface area contributed by atoms with Crippen molar-refractivity contribution in [2.24, 2.45) is 0 Å². The Morgan fingerprint density at radius 2 is 1.93 bits per heavy atom. The molecule has 1 aromatic carbocycles. The third-order valence-electron chi connectivity index (χ3n) is 7.62. The molecule has 1 atom stereocenters. The lowest BCUT2D eigenvalue weighted by Gasteiger charge is -2.25. The molecule has 4 aromatic heterocycles. The number of carbonyl (C=O) groups excluding carboxylic acids is 2. The molecule has 1 saturated carbocycles. The van der Waals surface area contributed by atoms with E-state index in [9.17, 15) is 9.59 Å². The third kappa shape index (κ3) is 5.78. The zero-order valence-electron chi connectivity index (χ0n) is 24.4. The van der Waals surface area contributed by atoms with Crippen LogP contribution in [0.4, 0.5) is 5.82 Å². The fourth-order valence-electron chi connectivity index (χ4n) is 5.36. The van der Waals surface area contributed by atoms with Crippen LogP contribution in [0.5, 0.6) is 0 Å². The third-order valence-corrected chi connectivity index (χ3v) is 7.62. The van der Waals surface area contributed by atoms with Crippen LogP contribution in [0, 0.1) is 0 Å². The highest BCUT2D eigenvalue weighted by atomic mass is 16.2. The number of aromatic amines is 1. The number of anilines is 1. The molecular formula is C32H33N9O2. The van der Waals surface area contributed by atoms with Crippen LogP contribution < -0.4 is 5.32 Å². The number of hydrogen-bond acceptors (Lipinski definition) is 7. The zero-order valence-corrected chi connectivity index (χ0v) is 24.4. The number of H-pyrrole nitrogens is 1. The standard InChI is InChI=1S/C32H33N9O2/c1-4-16-40(32(43)29-34-19-35-39-29)20(2)10-14-27-28(23-11-12-23)31(37-21(3)42)41-30(38-27)25(18-36-41)24-13-15-26(33-17-24)22-8-6-5-7-9-22/h4-9,13,15-20,23H,10-12,14H2,1-3H3,(H,37,42)(H,34,35,39)/b16-4-/t20-/m1/s1. The van der Waals surface area contributed by atoms with E-state index >= 15 is 0 Å². The minimum atomic E-state index is -0.252. The molecule has 11 nitrogen and oxygen atoms in total. The first-order valence-corrected chi connectivity index (χ1v) is 14.5. The number of hydrogen-bond donors (Lipinski definition) is 2. The van der Waals surface area contributed by atoms with Crippen LogP contribution >= 0.6 is 0 Å². The molecule has 11 heteroatoms. The maximum absolute atomic E-state index is 13.1. The van der Waals surface area contributed by atoms with Gasteiger partial charge in [-0.05, 0) is 51.5 Å². The van der Waals surface area contributed by atoms with Gasteiger partial charge < -0.3 is 10.2 Å². The van der Waals surface area contributed by atoms with Crippen molar-refractivity contribution in [2.45, 2.75) is 58.4 Å². The van der Waals surface area contributed by atoms with Crippen LogP contribution in [0.1, 0.15) is 67.8 Å². The Kier molecular flexibility index (Phi) is 7.78. The molecule has 1 aliphatic rings. The van der Waals surface area contributed by atoms with E-state index in [1.54, 1.807) is 21.8 Å². The molecule has 6 rings (SSSR count). The predicted octanol–water partition coefficient (Wildman–Crippen LogP) is 5.41. The maximum Gasteiger partial charge on any atom is 0.295 e. The van der Waals surface area contributed by atoms with Crippen LogP contribution in [0.15, 0.2) is 73.5 Å². The number of rotatable bonds is 10. The number of pyridine rings is 1. The number of amides is 2. The lowest BCUT2D eigenvalue weighted by molar-refractivity contribution is -0.114. The van der Waals surface area contributed by atoms with Crippen LogP contribution in [-0.4, -0.2) is 57.5 Å². The van der Waals surface area contributed by atoms with Crippen LogP contribution in [-0.2, 0) is 11.2 Å². The van der Waals surface area contributed by atoms with Crippen molar-refractivity contribution < 1.29 is 9.59 Å². The molecule has 43 heavy (non-hydrogen) atoms. The second kappa shape index (κ2) is 12.0. The Bertz CT molecular complexity index is 1770. The van der Waals surface area contributed by atoms with Gasteiger partial charge in [0.25, 0.3) is 5.91 Å². The van der Waals surface area contributed by atoms with E-state index in [-0.39, 0.29) is 23.7 Å². The van der Waals surface area contributed by atoms with Gasteiger partial charge in [-0.25, -0.2) is 9.97 Å². The molecule has 5 aromatic rings. The summed E-state index contributed by atoms with van der Waals surface area (Å²) in [5, 5.41) is 14.2. The number of aryl methyl sites for hydroxylation is 1. The summed E-state index contributed by atoms with van der Waals surface area (Å²) in [7, 11) is 0. The highest BCUT2D eigenvalue weighted by Gasteiger charge is 2.33. The Balaban J connectivity index is 1.37. The van der Waals surface area contributed by atoms with Gasteiger partial charge in [0.05, 0.1) is 17.6 Å². The van der Waals surface area contributed by atoms with Gasteiger partial charge in [-0.3, -0.25) is 19.7 Å². The summed E-state index contributed by atoms with van der Waals surface area (Å²) in [5.41, 5.74) is 6.18. The number of carbonyl (C=O) groups is 2. The molecule has 1 fully saturated rings. The highest BCUT2D eigenvalue weighted by Crippen LogP contribution is 2.46. The van der Waals surface area contributed by atoms with Gasteiger partial charge in [-0.1, -0.05) is 42.5 Å². The van der Waals surface area contributed by atoms with Gasteiger partial charge in [0.2, 0.25) is 11.7 Å². The van der Waals surface area contributed by atoms with Crippen LogP contribution in [0.3, 0.4) is 0 Å². The molecule has 0 bridgehead atoms. The largest absolute Gasteiger partial charge is 0.311 e. The summed E-state index contributed by atoms with van der Waals surface area (Å²) in [6.07, 6.45) is 11.8. The number of aromatic nitrogens is 7. The van der Waals surface area contributed by atoms with Crippen LogP contribution in [0.2, 0.25) is 0 Å². The molecular weight excluding hydrogens is 542 g/mol. The lowest BCUT2D eigenvalue weighted by atomic mass is 10.0. The normalized spacial score (nSPS) is 13.8. The number of nitrogens with zero attached hydrogens (tertiary/aromatic N) is 7. The second-order valence-electron chi connectivity index (χ2n) is 10.8. The summed E-state index contributed by atoms with van der Waals surface area (Å²) in [6, 6.07) is 13.9. The van der Waals surface area contributed by atoms with Crippen molar-refractivity contribution in [3.63, 3.8) is 0 Å².